The number of nitriles is 1. The number of aromatic nitrogens is 2. The van der Waals surface area contributed by atoms with Gasteiger partial charge < -0.3 is 0 Å². The first-order valence-corrected chi connectivity index (χ1v) is 5.99. The minimum atomic E-state index is 0.451. The molecule has 1 aliphatic heterocycles. The number of nitrogens with zero attached hydrogens (tertiary/aromatic N) is 4. The summed E-state index contributed by atoms with van der Waals surface area (Å²) in [6, 6.07) is 4.70. The van der Waals surface area contributed by atoms with Crippen molar-refractivity contribution in [3.63, 3.8) is 0 Å². The van der Waals surface area contributed by atoms with Gasteiger partial charge in [-0.15, -0.1) is 5.10 Å². The number of hydrogen-bond acceptors (Lipinski definition) is 5. The van der Waals surface area contributed by atoms with Gasteiger partial charge in [0.15, 0.2) is 5.82 Å². The van der Waals surface area contributed by atoms with E-state index in [9.17, 15) is 0 Å². The first-order chi connectivity index (χ1) is 8.22. The van der Waals surface area contributed by atoms with Crippen LogP contribution < -0.4 is 5.43 Å². The van der Waals surface area contributed by atoms with Gasteiger partial charge in [0.1, 0.15) is 6.07 Å². The lowest BCUT2D eigenvalue weighted by Crippen LogP contribution is -2.47. The van der Waals surface area contributed by atoms with Crippen LogP contribution in [-0.2, 0) is 0 Å². The third kappa shape index (κ3) is 2.53. The van der Waals surface area contributed by atoms with E-state index in [0.717, 1.165) is 0 Å². The van der Waals surface area contributed by atoms with Crippen molar-refractivity contribution in [1.82, 2.24) is 15.2 Å². The molecule has 1 fully saturated rings. The van der Waals surface area contributed by atoms with E-state index in [1.807, 2.05) is 0 Å². The Morgan fingerprint density at radius 3 is 2.76 bits per heavy atom. The number of rotatable bonds is 2. The molecule has 2 rings (SSSR count). The second kappa shape index (κ2) is 5.11. The molecule has 0 radical (unpaired) electrons. The Morgan fingerprint density at radius 1 is 1.41 bits per heavy atom. The molecule has 90 valence electrons. The van der Waals surface area contributed by atoms with E-state index in [1.165, 1.54) is 25.5 Å². The lowest BCUT2D eigenvalue weighted by Gasteiger charge is -2.39. The molecular formula is C12H17N5. The normalized spacial score (nSPS) is 25.2. The number of nitrogens with one attached hydrogen (secondary N) is 1. The molecule has 2 unspecified atom stereocenters. The van der Waals surface area contributed by atoms with Gasteiger partial charge in [-0.2, -0.15) is 10.4 Å². The average molecular weight is 231 g/mol. The van der Waals surface area contributed by atoms with E-state index in [-0.39, 0.29) is 0 Å². The summed E-state index contributed by atoms with van der Waals surface area (Å²) in [6.45, 7) is 4.37. The van der Waals surface area contributed by atoms with Gasteiger partial charge in [-0.25, -0.2) is 5.01 Å². The molecule has 2 atom stereocenters. The second-order valence-electron chi connectivity index (χ2n) is 4.55. The van der Waals surface area contributed by atoms with Gasteiger partial charge in [0.05, 0.1) is 11.8 Å². The van der Waals surface area contributed by atoms with E-state index in [4.69, 9.17) is 5.26 Å². The predicted octanol–water partition coefficient (Wildman–Crippen LogP) is 1.94. The summed E-state index contributed by atoms with van der Waals surface area (Å²) < 4.78 is 0. The smallest absolute Gasteiger partial charge is 0.181 e. The highest BCUT2D eigenvalue weighted by Crippen LogP contribution is 2.23. The fourth-order valence-corrected chi connectivity index (χ4v) is 2.27. The third-order valence-corrected chi connectivity index (χ3v) is 3.27. The lowest BCUT2D eigenvalue weighted by atomic mass is 10.00. The SMILES string of the molecule is CC1CCCC(C)N1Nc1nnccc1C#N. The van der Waals surface area contributed by atoms with Crippen molar-refractivity contribution in [3.05, 3.63) is 17.8 Å². The van der Waals surface area contributed by atoms with E-state index < -0.39 is 0 Å². The van der Waals surface area contributed by atoms with Crippen molar-refractivity contribution in [3.8, 4) is 6.07 Å². The van der Waals surface area contributed by atoms with Gasteiger partial charge in [-0.3, -0.25) is 5.43 Å². The summed E-state index contributed by atoms with van der Waals surface area (Å²) in [7, 11) is 0. The molecule has 0 aliphatic carbocycles. The highest BCUT2D eigenvalue weighted by atomic mass is 15.6. The van der Waals surface area contributed by atoms with Gasteiger partial charge in [-0.05, 0) is 32.8 Å². The van der Waals surface area contributed by atoms with Crippen LogP contribution in [0.2, 0.25) is 0 Å². The van der Waals surface area contributed by atoms with Crippen LogP contribution in [0.25, 0.3) is 0 Å². The standard InChI is InChI=1S/C12H17N5/c1-9-4-3-5-10(2)17(9)16-12-11(8-13)6-7-14-15-12/h6-7,9-10H,3-5H2,1-2H3,(H,15,16). The van der Waals surface area contributed by atoms with Crippen molar-refractivity contribution in [2.75, 3.05) is 5.43 Å². The summed E-state index contributed by atoms with van der Waals surface area (Å²) in [6.07, 6.45) is 5.12. The molecule has 2 heterocycles. The Morgan fingerprint density at radius 2 is 2.12 bits per heavy atom. The number of hydrazine groups is 1. The zero-order valence-corrected chi connectivity index (χ0v) is 10.2. The van der Waals surface area contributed by atoms with Crippen LogP contribution >= 0.6 is 0 Å². The molecule has 0 saturated carbocycles. The van der Waals surface area contributed by atoms with Gasteiger partial charge in [0.25, 0.3) is 0 Å². The Kier molecular flexibility index (Phi) is 3.55. The Balaban J connectivity index is 2.17. The topological polar surface area (TPSA) is 64.8 Å². The largest absolute Gasteiger partial charge is 0.300 e. The zero-order valence-electron chi connectivity index (χ0n) is 10.2. The van der Waals surface area contributed by atoms with Gasteiger partial charge >= 0.3 is 0 Å². The van der Waals surface area contributed by atoms with E-state index >= 15 is 0 Å². The van der Waals surface area contributed by atoms with Crippen LogP contribution in [0, 0.1) is 11.3 Å². The van der Waals surface area contributed by atoms with Crippen molar-refractivity contribution >= 4 is 5.82 Å². The fraction of sp³-hybridized carbons (Fsp3) is 0.583. The van der Waals surface area contributed by atoms with E-state index in [0.29, 0.717) is 23.5 Å². The first-order valence-electron chi connectivity index (χ1n) is 5.99. The van der Waals surface area contributed by atoms with Gasteiger partial charge in [0, 0.05) is 12.1 Å². The molecule has 0 amide bonds. The summed E-state index contributed by atoms with van der Waals surface area (Å²) in [5.74, 6) is 0.551. The van der Waals surface area contributed by atoms with Crippen molar-refractivity contribution in [1.29, 1.82) is 5.26 Å². The highest BCUT2D eigenvalue weighted by Gasteiger charge is 2.25. The maximum Gasteiger partial charge on any atom is 0.181 e. The fourth-order valence-electron chi connectivity index (χ4n) is 2.27. The van der Waals surface area contributed by atoms with Crippen LogP contribution in [0.15, 0.2) is 12.3 Å². The summed E-state index contributed by atoms with van der Waals surface area (Å²) in [4.78, 5) is 0. The van der Waals surface area contributed by atoms with E-state index in [2.05, 4.69) is 40.5 Å². The van der Waals surface area contributed by atoms with Crippen LogP contribution in [-0.4, -0.2) is 27.3 Å². The lowest BCUT2D eigenvalue weighted by molar-refractivity contribution is 0.135. The Bertz CT molecular complexity index is 415. The van der Waals surface area contributed by atoms with Crippen molar-refractivity contribution < 1.29 is 0 Å². The minimum absolute atomic E-state index is 0.451. The zero-order chi connectivity index (χ0) is 12.3. The van der Waals surface area contributed by atoms with Crippen molar-refractivity contribution in [2.45, 2.75) is 45.2 Å². The van der Waals surface area contributed by atoms with Crippen LogP contribution in [0.1, 0.15) is 38.7 Å². The quantitative estimate of drug-likeness (QED) is 0.842. The molecule has 1 aromatic rings. The summed E-state index contributed by atoms with van der Waals surface area (Å²) in [5.41, 5.74) is 3.77. The van der Waals surface area contributed by atoms with Crippen LogP contribution in [0.5, 0.6) is 0 Å². The van der Waals surface area contributed by atoms with Crippen LogP contribution in [0.4, 0.5) is 5.82 Å². The summed E-state index contributed by atoms with van der Waals surface area (Å²) >= 11 is 0. The molecule has 17 heavy (non-hydrogen) atoms. The average Bonchev–Trinajstić information content (AvgIpc) is 2.34. The van der Waals surface area contributed by atoms with Crippen molar-refractivity contribution in [2.24, 2.45) is 0 Å². The third-order valence-electron chi connectivity index (χ3n) is 3.27. The Labute approximate surface area is 101 Å². The molecule has 0 aromatic carbocycles. The number of hydrogen-bond donors (Lipinski definition) is 1. The highest BCUT2D eigenvalue weighted by molar-refractivity contribution is 5.49. The monoisotopic (exact) mass is 231 g/mol. The van der Waals surface area contributed by atoms with Crippen LogP contribution in [0.3, 0.4) is 0 Å². The first kappa shape index (κ1) is 11.8. The molecule has 1 saturated heterocycles. The molecule has 1 N–H and O–H groups in total. The molecule has 5 nitrogen and oxygen atoms in total. The van der Waals surface area contributed by atoms with Gasteiger partial charge in [-0.1, -0.05) is 6.42 Å². The predicted molar refractivity (Wildman–Crippen MR) is 65.0 cm³/mol. The maximum atomic E-state index is 9.00. The molecular weight excluding hydrogens is 214 g/mol. The maximum absolute atomic E-state index is 9.00. The molecule has 0 bridgehead atoms. The Hall–Kier alpha value is -1.67. The van der Waals surface area contributed by atoms with Gasteiger partial charge in [0.2, 0.25) is 0 Å². The van der Waals surface area contributed by atoms with E-state index in [1.54, 1.807) is 6.07 Å². The minimum Gasteiger partial charge on any atom is -0.300 e. The number of piperidine rings is 1. The molecule has 5 heteroatoms. The molecule has 1 aliphatic rings. The summed E-state index contributed by atoms with van der Waals surface area (Å²) in [5, 5.41) is 19.0. The molecule has 1 aromatic heterocycles. The second-order valence-corrected chi connectivity index (χ2v) is 4.55. The number of anilines is 1. The molecule has 0 spiro atoms.